The zero-order chi connectivity index (χ0) is 28.7. The van der Waals surface area contributed by atoms with Crippen molar-refractivity contribution in [1.29, 1.82) is 0 Å². The number of rotatable bonds is 13. The van der Waals surface area contributed by atoms with Gasteiger partial charge in [0.15, 0.2) is 5.13 Å². The van der Waals surface area contributed by atoms with Gasteiger partial charge in [0.2, 0.25) is 6.41 Å². The highest BCUT2D eigenvalue weighted by Gasteiger charge is 2.54. The Labute approximate surface area is 237 Å². The van der Waals surface area contributed by atoms with Crippen molar-refractivity contribution in [3.63, 3.8) is 0 Å². The molecule has 2 aliphatic rings. The van der Waals surface area contributed by atoms with Crippen LogP contribution in [0.25, 0.3) is 0 Å². The van der Waals surface area contributed by atoms with Gasteiger partial charge in [-0.2, -0.15) is 0 Å². The van der Waals surface area contributed by atoms with Gasteiger partial charge >= 0.3 is 11.9 Å². The molecule has 0 aromatic carbocycles. The number of aromatic nitrogens is 1. The molecule has 3 N–H and O–H groups in total. The first-order chi connectivity index (χ1) is 18.5. The summed E-state index contributed by atoms with van der Waals surface area (Å²) in [6.07, 6.45) is 2.15. The lowest BCUT2D eigenvalue weighted by molar-refractivity contribution is -0.158. The summed E-state index contributed by atoms with van der Waals surface area (Å²) < 4.78 is 5.43. The highest BCUT2D eigenvalue weighted by atomic mass is 32.2. The quantitative estimate of drug-likeness (QED) is 0.0993. The molecule has 3 rings (SSSR count). The fourth-order valence-corrected chi connectivity index (χ4v) is 6.76. The number of thiazole rings is 1. The number of ether oxygens (including phenoxy) is 1. The van der Waals surface area contributed by atoms with Gasteiger partial charge < -0.3 is 25.3 Å². The minimum Gasteiger partial charge on any atom is -0.477 e. The van der Waals surface area contributed by atoms with Gasteiger partial charge in [-0.05, 0) is 32.9 Å². The predicted molar refractivity (Wildman–Crippen MR) is 147 cm³/mol. The number of esters is 1. The summed E-state index contributed by atoms with van der Waals surface area (Å²) in [6, 6.07) is -0.908. The number of aliphatic carboxylic acids is 1. The number of carboxylic acid groups (broad SMARTS) is 1. The minimum atomic E-state index is -1.18. The highest BCUT2D eigenvalue weighted by molar-refractivity contribution is 8.06. The molecule has 0 saturated carbocycles. The Balaban J connectivity index is 1.59. The smallest absolute Gasteiger partial charge is 0.353 e. The van der Waals surface area contributed by atoms with Gasteiger partial charge in [-0.1, -0.05) is 12.1 Å². The van der Waals surface area contributed by atoms with E-state index >= 15 is 0 Å². The molecule has 39 heavy (non-hydrogen) atoms. The van der Waals surface area contributed by atoms with Gasteiger partial charge in [0.25, 0.3) is 11.8 Å². The molecule has 13 nitrogen and oxygen atoms in total. The topological polar surface area (TPSA) is 177 Å². The highest BCUT2D eigenvalue weighted by Crippen LogP contribution is 2.43. The number of carboxylic acids is 1. The number of anilines is 1. The van der Waals surface area contributed by atoms with Crippen LogP contribution in [0, 0.1) is 0 Å². The summed E-state index contributed by atoms with van der Waals surface area (Å²) in [5, 5.41) is 19.5. The number of β-lactam (4-membered cyclic amide) rings is 1. The van der Waals surface area contributed by atoms with Crippen LogP contribution in [0.3, 0.4) is 0 Å². The second-order valence-corrected chi connectivity index (χ2v) is 12.4. The van der Waals surface area contributed by atoms with Crippen molar-refractivity contribution in [3.05, 3.63) is 21.7 Å². The first-order valence-electron chi connectivity index (χ1n) is 11.8. The number of amides is 3. The average molecular weight is 600 g/mol. The maximum atomic E-state index is 12.7. The molecule has 0 bridgehead atoms. The molecular formula is C23H29N5O8S3. The first kappa shape index (κ1) is 30.4. The van der Waals surface area contributed by atoms with Gasteiger partial charge in [-0.3, -0.25) is 24.1 Å². The maximum Gasteiger partial charge on any atom is 0.353 e. The van der Waals surface area contributed by atoms with E-state index in [0.29, 0.717) is 22.8 Å². The summed E-state index contributed by atoms with van der Waals surface area (Å²) in [6.45, 7) is 6.80. The lowest BCUT2D eigenvalue weighted by Crippen LogP contribution is -2.70. The number of nitrogens with one attached hydrogen (secondary N) is 2. The van der Waals surface area contributed by atoms with E-state index in [4.69, 9.17) is 9.57 Å². The molecule has 212 valence electrons. The lowest BCUT2D eigenvalue weighted by atomic mass is 10.1. The predicted octanol–water partition coefficient (Wildman–Crippen LogP) is 1.98. The van der Waals surface area contributed by atoms with Crippen molar-refractivity contribution < 1.29 is 38.7 Å². The van der Waals surface area contributed by atoms with E-state index in [-0.39, 0.29) is 17.4 Å². The standard InChI is InChI=1S/C23H29N5O8S3/c1-5-6-37-14-10-38-19-16(18(31)28(19)17(14)20(32)33)27-15(30)7-25-35-8-12(21(34)36-23(2,3)4)13-9-39-22(26-13)24-11-29/h7,9,11-12,16,19H,5-6,8,10H2,1-4H3,(H,27,30)(H,32,33)(H,24,26,29)/b25-7+/t12?,16?,19-/m1/s1. The van der Waals surface area contributed by atoms with Crippen LogP contribution >= 0.6 is 34.9 Å². The third-order valence-corrected chi connectivity index (χ3v) is 8.71. The maximum absolute atomic E-state index is 12.7. The molecule has 1 aromatic heterocycles. The van der Waals surface area contributed by atoms with Gasteiger partial charge in [0, 0.05) is 16.0 Å². The van der Waals surface area contributed by atoms with Crippen molar-refractivity contribution in [3.8, 4) is 0 Å². The lowest BCUT2D eigenvalue weighted by Gasteiger charge is -2.49. The molecule has 16 heteroatoms. The van der Waals surface area contributed by atoms with E-state index in [1.54, 1.807) is 26.2 Å². The Bertz CT molecular complexity index is 1180. The fourth-order valence-electron chi connectivity index (χ4n) is 3.53. The molecule has 2 aliphatic heterocycles. The van der Waals surface area contributed by atoms with E-state index in [2.05, 4.69) is 20.8 Å². The molecule has 1 saturated heterocycles. The molecule has 0 aliphatic carbocycles. The Morgan fingerprint density at radius 3 is 2.77 bits per heavy atom. The van der Waals surface area contributed by atoms with Crippen LogP contribution in [-0.2, 0) is 33.5 Å². The van der Waals surface area contributed by atoms with Crippen molar-refractivity contribution in [1.82, 2.24) is 15.2 Å². The van der Waals surface area contributed by atoms with E-state index < -0.39 is 46.7 Å². The molecule has 3 amide bonds. The van der Waals surface area contributed by atoms with Crippen LogP contribution in [0.1, 0.15) is 45.7 Å². The molecular weight excluding hydrogens is 570 g/mol. The van der Waals surface area contributed by atoms with Crippen LogP contribution in [0.5, 0.6) is 0 Å². The van der Waals surface area contributed by atoms with Crippen molar-refractivity contribution in [2.24, 2.45) is 5.16 Å². The second kappa shape index (κ2) is 13.3. The summed E-state index contributed by atoms with van der Waals surface area (Å²) in [7, 11) is 0. The first-order valence-corrected chi connectivity index (χ1v) is 14.8. The number of fused-ring (bicyclic) bond motifs is 1. The van der Waals surface area contributed by atoms with Crippen LogP contribution < -0.4 is 10.6 Å². The zero-order valence-corrected chi connectivity index (χ0v) is 24.1. The number of thioether (sulfide) groups is 2. The molecule has 2 unspecified atom stereocenters. The van der Waals surface area contributed by atoms with Crippen molar-refractivity contribution >= 4 is 76.4 Å². The molecule has 0 radical (unpaired) electrons. The summed E-state index contributed by atoms with van der Waals surface area (Å²) in [5.41, 5.74) is -0.512. The number of hydrogen-bond acceptors (Lipinski definition) is 12. The van der Waals surface area contributed by atoms with E-state index in [0.717, 1.165) is 29.7 Å². The van der Waals surface area contributed by atoms with Gasteiger partial charge in [0.1, 0.15) is 41.5 Å². The second-order valence-electron chi connectivity index (χ2n) is 9.28. The van der Waals surface area contributed by atoms with E-state index in [1.807, 2.05) is 6.92 Å². The monoisotopic (exact) mass is 599 g/mol. The van der Waals surface area contributed by atoms with Crippen LogP contribution in [0.4, 0.5) is 5.13 Å². The Morgan fingerprint density at radius 1 is 1.38 bits per heavy atom. The van der Waals surface area contributed by atoms with Crippen LogP contribution in [0.2, 0.25) is 0 Å². The third kappa shape index (κ3) is 7.73. The largest absolute Gasteiger partial charge is 0.477 e. The molecule has 1 fully saturated rings. The summed E-state index contributed by atoms with van der Waals surface area (Å²) in [5.74, 6) is -2.86. The van der Waals surface area contributed by atoms with E-state index in [1.165, 1.54) is 28.4 Å². The van der Waals surface area contributed by atoms with Crippen LogP contribution in [0.15, 0.2) is 21.1 Å². The SMILES string of the molecule is CCCSC1=C(C(=O)O)N2C(=O)C(NC(=O)/C=N/OCC(C(=O)OC(C)(C)C)c3csc(NC=O)n3)[C@H]2SC1. The number of oxime groups is 1. The number of carbonyl (C=O) groups is 5. The molecule has 0 spiro atoms. The number of nitrogens with zero attached hydrogens (tertiary/aromatic N) is 3. The van der Waals surface area contributed by atoms with Crippen molar-refractivity contribution in [2.75, 3.05) is 23.4 Å². The normalized spacial score (nSPS) is 19.7. The zero-order valence-electron chi connectivity index (χ0n) is 21.7. The fraction of sp³-hybridized carbons (Fsp3) is 0.522. The minimum absolute atomic E-state index is 0.0357. The number of hydrogen-bond donors (Lipinski definition) is 3. The Hall–Kier alpha value is -3.11. The Morgan fingerprint density at radius 2 is 2.13 bits per heavy atom. The molecule has 1 aromatic rings. The average Bonchev–Trinajstić information content (AvgIpc) is 3.32. The third-order valence-electron chi connectivity index (χ3n) is 5.15. The van der Waals surface area contributed by atoms with Crippen molar-refractivity contribution in [2.45, 2.75) is 57.1 Å². The van der Waals surface area contributed by atoms with Crippen LogP contribution in [-0.4, -0.2) is 86.5 Å². The van der Waals surface area contributed by atoms with Gasteiger partial charge in [0.05, 0.1) is 5.69 Å². The molecule has 3 heterocycles. The number of carbonyl (C=O) groups excluding carboxylic acids is 4. The van der Waals surface area contributed by atoms with Gasteiger partial charge in [-0.25, -0.2) is 9.78 Å². The van der Waals surface area contributed by atoms with Gasteiger partial charge in [-0.15, -0.1) is 34.9 Å². The van der Waals surface area contributed by atoms with E-state index in [9.17, 15) is 29.1 Å². The summed E-state index contributed by atoms with van der Waals surface area (Å²) in [4.78, 5) is 71.5. The summed E-state index contributed by atoms with van der Waals surface area (Å²) >= 11 is 3.91. The Kier molecular flexibility index (Phi) is 10.4. The molecule has 3 atom stereocenters.